The van der Waals surface area contributed by atoms with Gasteiger partial charge in [-0.2, -0.15) is 8.42 Å². The molecule has 1 fully saturated rings. The molecule has 0 radical (unpaired) electrons. The predicted octanol–water partition coefficient (Wildman–Crippen LogP) is 0.0908. The molecule has 2 rings (SSSR count). The molecule has 0 aliphatic carbocycles. The van der Waals surface area contributed by atoms with Gasteiger partial charge in [-0.05, 0) is 11.1 Å². The molecule has 0 spiro atoms. The molecule has 12 nitrogen and oxygen atoms in total. The Morgan fingerprint density at radius 2 is 1.72 bits per heavy atom. The van der Waals surface area contributed by atoms with Crippen molar-refractivity contribution in [2.45, 2.75) is 26.0 Å². The van der Waals surface area contributed by atoms with E-state index in [2.05, 4.69) is 15.5 Å². The number of carbonyl (C=O) groups excluding carboxylic acids is 4. The summed E-state index contributed by atoms with van der Waals surface area (Å²) < 4.78 is 34.6. The Hall–Kier alpha value is -3.19. The molecule has 1 aliphatic heterocycles. The van der Waals surface area contributed by atoms with Gasteiger partial charge in [-0.25, -0.2) is 9.59 Å². The van der Waals surface area contributed by atoms with Crippen LogP contribution in [0.2, 0.25) is 0 Å². The van der Waals surface area contributed by atoms with Gasteiger partial charge in [0.2, 0.25) is 0 Å². The number of nitrogens with one attached hydrogen (secondary N) is 2. The molecule has 0 unspecified atom stereocenters. The number of alkyl carbamates (subject to hydrolysis) is 1. The molecule has 0 saturated carbocycles. The van der Waals surface area contributed by atoms with Crippen LogP contribution < -0.4 is 10.6 Å². The SMILES string of the molecule is O=C(NCCS(=O)(=O)O)OCc1cccc(CNC(=O)ON2C(=O)CCC2=O)c1. The van der Waals surface area contributed by atoms with E-state index >= 15 is 0 Å². The van der Waals surface area contributed by atoms with E-state index in [-0.39, 0.29) is 32.5 Å². The van der Waals surface area contributed by atoms with E-state index in [0.29, 0.717) is 16.2 Å². The van der Waals surface area contributed by atoms with Crippen molar-refractivity contribution in [2.75, 3.05) is 12.3 Å². The van der Waals surface area contributed by atoms with Crippen molar-refractivity contribution in [1.82, 2.24) is 15.7 Å². The minimum atomic E-state index is -4.18. The number of hydrogen-bond donors (Lipinski definition) is 3. The van der Waals surface area contributed by atoms with E-state index in [4.69, 9.17) is 9.29 Å². The molecule has 4 amide bonds. The van der Waals surface area contributed by atoms with Crippen molar-refractivity contribution in [1.29, 1.82) is 0 Å². The van der Waals surface area contributed by atoms with Gasteiger partial charge in [0.1, 0.15) is 6.61 Å². The lowest BCUT2D eigenvalue weighted by molar-refractivity contribution is -0.171. The Kier molecular flexibility index (Phi) is 7.50. The van der Waals surface area contributed by atoms with Gasteiger partial charge in [0.25, 0.3) is 21.9 Å². The topological polar surface area (TPSA) is 168 Å². The normalized spacial score (nSPS) is 13.9. The molecule has 1 aromatic carbocycles. The molecule has 1 aromatic rings. The van der Waals surface area contributed by atoms with E-state index in [9.17, 15) is 27.6 Å². The zero-order chi connectivity index (χ0) is 21.4. The standard InChI is InChI=1S/C16H19N3O9S/c20-13-4-5-14(21)19(13)28-16(23)18-9-11-2-1-3-12(8-11)10-27-15(22)17-6-7-29(24,25)26/h1-3,8H,4-7,9-10H2,(H,17,22)(H,18,23)(H,24,25,26). The number of hydrogen-bond acceptors (Lipinski definition) is 8. The summed E-state index contributed by atoms with van der Waals surface area (Å²) in [5.41, 5.74) is 1.22. The van der Waals surface area contributed by atoms with Gasteiger partial charge in [0.05, 0.1) is 5.75 Å². The Morgan fingerprint density at radius 1 is 1.07 bits per heavy atom. The second-order valence-electron chi connectivity index (χ2n) is 5.92. The predicted molar refractivity (Wildman–Crippen MR) is 95.5 cm³/mol. The zero-order valence-corrected chi connectivity index (χ0v) is 15.9. The van der Waals surface area contributed by atoms with Crippen LogP contribution in [0.4, 0.5) is 9.59 Å². The van der Waals surface area contributed by atoms with Crippen LogP contribution in [0.25, 0.3) is 0 Å². The average Bonchev–Trinajstić information content (AvgIpc) is 2.96. The summed E-state index contributed by atoms with van der Waals surface area (Å²) in [4.78, 5) is 50.7. The molecule has 3 N–H and O–H groups in total. The number of imide groups is 1. The molecular weight excluding hydrogens is 410 g/mol. The summed E-state index contributed by atoms with van der Waals surface area (Å²) in [5, 5.41) is 5.00. The van der Waals surface area contributed by atoms with Crippen LogP contribution in [0.1, 0.15) is 24.0 Å². The van der Waals surface area contributed by atoms with Crippen molar-refractivity contribution in [3.8, 4) is 0 Å². The van der Waals surface area contributed by atoms with Gasteiger partial charge in [0.15, 0.2) is 0 Å². The van der Waals surface area contributed by atoms with Gasteiger partial charge in [-0.1, -0.05) is 24.3 Å². The number of ether oxygens (including phenoxy) is 1. The van der Waals surface area contributed by atoms with Crippen molar-refractivity contribution < 1.29 is 41.7 Å². The number of nitrogens with zero attached hydrogens (tertiary/aromatic N) is 1. The average molecular weight is 429 g/mol. The summed E-state index contributed by atoms with van der Waals surface area (Å²) in [6.45, 7) is -0.387. The highest BCUT2D eigenvalue weighted by molar-refractivity contribution is 7.85. The van der Waals surface area contributed by atoms with Crippen LogP contribution in [0, 0.1) is 0 Å². The largest absolute Gasteiger partial charge is 0.445 e. The maximum atomic E-state index is 11.7. The number of amides is 4. The molecule has 1 aliphatic rings. The quantitative estimate of drug-likeness (QED) is 0.383. The first kappa shape index (κ1) is 22.1. The molecule has 13 heteroatoms. The number of benzene rings is 1. The Morgan fingerprint density at radius 3 is 2.38 bits per heavy atom. The Balaban J connectivity index is 1.75. The fraction of sp³-hybridized carbons (Fsp3) is 0.375. The van der Waals surface area contributed by atoms with E-state index < -0.39 is 39.9 Å². The smallest absolute Gasteiger partial charge is 0.432 e. The number of hydroxylamine groups is 2. The van der Waals surface area contributed by atoms with Crippen molar-refractivity contribution >= 4 is 34.1 Å². The molecule has 0 atom stereocenters. The fourth-order valence-corrected chi connectivity index (χ4v) is 2.62. The monoisotopic (exact) mass is 429 g/mol. The zero-order valence-electron chi connectivity index (χ0n) is 15.1. The van der Waals surface area contributed by atoms with E-state index in [0.717, 1.165) is 0 Å². The Labute approximate surface area is 165 Å². The maximum Gasteiger partial charge on any atom is 0.432 e. The van der Waals surface area contributed by atoms with E-state index in [1.807, 2.05) is 0 Å². The number of carbonyl (C=O) groups is 4. The highest BCUT2D eigenvalue weighted by Crippen LogP contribution is 2.12. The minimum Gasteiger partial charge on any atom is -0.445 e. The van der Waals surface area contributed by atoms with Crippen LogP contribution in [0.3, 0.4) is 0 Å². The lowest BCUT2D eigenvalue weighted by Crippen LogP contribution is -2.36. The van der Waals surface area contributed by atoms with Crippen LogP contribution in [-0.2, 0) is 42.4 Å². The molecule has 1 saturated heterocycles. The maximum absolute atomic E-state index is 11.7. The second-order valence-corrected chi connectivity index (χ2v) is 7.50. The van der Waals surface area contributed by atoms with Crippen molar-refractivity contribution in [2.24, 2.45) is 0 Å². The van der Waals surface area contributed by atoms with Gasteiger partial charge in [-0.3, -0.25) is 14.1 Å². The van der Waals surface area contributed by atoms with Gasteiger partial charge >= 0.3 is 12.2 Å². The lowest BCUT2D eigenvalue weighted by Gasteiger charge is -2.13. The summed E-state index contributed by atoms with van der Waals surface area (Å²) >= 11 is 0. The molecule has 1 heterocycles. The Bertz CT molecular complexity index is 885. The summed E-state index contributed by atoms with van der Waals surface area (Å²) in [6.07, 6.45) is -1.83. The lowest BCUT2D eigenvalue weighted by atomic mass is 10.1. The molecule has 0 bridgehead atoms. The minimum absolute atomic E-state index is 0.00243. The summed E-state index contributed by atoms with van der Waals surface area (Å²) in [6, 6.07) is 6.64. The van der Waals surface area contributed by atoms with Crippen LogP contribution in [-0.4, -0.2) is 54.3 Å². The van der Waals surface area contributed by atoms with Crippen LogP contribution in [0.15, 0.2) is 24.3 Å². The van der Waals surface area contributed by atoms with Gasteiger partial charge in [-0.15, -0.1) is 5.06 Å². The van der Waals surface area contributed by atoms with Crippen molar-refractivity contribution in [3.63, 3.8) is 0 Å². The molecule has 0 aromatic heterocycles. The first-order valence-electron chi connectivity index (χ1n) is 8.39. The summed E-state index contributed by atoms with van der Waals surface area (Å²) in [5.74, 6) is -1.80. The van der Waals surface area contributed by atoms with E-state index in [1.54, 1.807) is 24.3 Å². The third-order valence-corrected chi connectivity index (χ3v) is 4.33. The van der Waals surface area contributed by atoms with Crippen LogP contribution >= 0.6 is 0 Å². The first-order valence-corrected chi connectivity index (χ1v) is 10.00. The third-order valence-electron chi connectivity index (χ3n) is 3.61. The molecule has 29 heavy (non-hydrogen) atoms. The number of rotatable bonds is 8. The fourth-order valence-electron chi connectivity index (χ4n) is 2.26. The molecule has 158 valence electrons. The van der Waals surface area contributed by atoms with Crippen molar-refractivity contribution in [3.05, 3.63) is 35.4 Å². The second kappa shape index (κ2) is 9.84. The third kappa shape index (κ3) is 7.75. The molecular formula is C16H19N3O9S. The van der Waals surface area contributed by atoms with Crippen LogP contribution in [0.5, 0.6) is 0 Å². The highest BCUT2D eigenvalue weighted by Gasteiger charge is 2.32. The van der Waals surface area contributed by atoms with E-state index in [1.165, 1.54) is 0 Å². The highest BCUT2D eigenvalue weighted by atomic mass is 32.2. The van der Waals surface area contributed by atoms with Gasteiger partial charge < -0.3 is 20.2 Å². The van der Waals surface area contributed by atoms with Gasteiger partial charge in [0, 0.05) is 25.9 Å². The first-order chi connectivity index (χ1) is 13.6. The summed E-state index contributed by atoms with van der Waals surface area (Å²) in [7, 11) is -4.18.